The molecule has 27 heavy (non-hydrogen) atoms. The van der Waals surface area contributed by atoms with Crippen molar-refractivity contribution in [2.75, 3.05) is 16.9 Å². The molecule has 3 aromatic rings. The molecule has 136 valence electrons. The summed E-state index contributed by atoms with van der Waals surface area (Å²) in [6.07, 6.45) is 0.210. The predicted octanol–water partition coefficient (Wildman–Crippen LogP) is 5.35. The van der Waals surface area contributed by atoms with E-state index in [0.717, 1.165) is 18.8 Å². The zero-order valence-corrected chi connectivity index (χ0v) is 16.1. The highest BCUT2D eigenvalue weighted by Crippen LogP contribution is 2.47. The molecule has 2 aliphatic heterocycles. The first-order valence-corrected chi connectivity index (χ1v) is 9.50. The second-order valence-corrected chi connectivity index (χ2v) is 7.67. The normalized spacial score (nSPS) is 15.4. The minimum Gasteiger partial charge on any atom is -0.497 e. The molecule has 5 rings (SSSR count). The number of ether oxygens (including phenoxy) is 1. The van der Waals surface area contributed by atoms with Crippen molar-refractivity contribution in [3.63, 3.8) is 0 Å². The van der Waals surface area contributed by atoms with Crippen LogP contribution in [-0.2, 0) is 13.1 Å². The van der Waals surface area contributed by atoms with Gasteiger partial charge in [-0.3, -0.25) is 0 Å². The van der Waals surface area contributed by atoms with E-state index in [1.165, 1.54) is 39.2 Å². The van der Waals surface area contributed by atoms with Gasteiger partial charge in [-0.25, -0.2) is 0 Å². The minimum absolute atomic E-state index is 0.210. The lowest BCUT2D eigenvalue weighted by atomic mass is 9.94. The molecule has 2 bridgehead atoms. The summed E-state index contributed by atoms with van der Waals surface area (Å²) in [5.41, 5.74) is 9.46. The first-order chi connectivity index (χ1) is 13.1. The molecule has 2 aliphatic rings. The molecular weight excluding hydrogens is 332 g/mol. The fraction of sp³-hybridized carbons (Fsp3) is 0.250. The van der Waals surface area contributed by atoms with Gasteiger partial charge in [0.15, 0.2) is 0 Å². The third-order valence-corrected chi connectivity index (χ3v) is 5.77. The fourth-order valence-corrected chi connectivity index (χ4v) is 4.52. The predicted molar refractivity (Wildman–Crippen MR) is 110 cm³/mol. The summed E-state index contributed by atoms with van der Waals surface area (Å²) in [6.45, 7) is 6.21. The molecule has 0 saturated heterocycles. The number of benzene rings is 3. The van der Waals surface area contributed by atoms with Crippen molar-refractivity contribution in [1.29, 1.82) is 0 Å². The van der Waals surface area contributed by atoms with Crippen LogP contribution in [-0.4, -0.2) is 7.11 Å². The van der Waals surface area contributed by atoms with Gasteiger partial charge in [0, 0.05) is 24.5 Å². The Morgan fingerprint density at radius 2 is 1.26 bits per heavy atom. The molecule has 2 heterocycles. The maximum absolute atomic E-state index is 5.36. The highest BCUT2D eigenvalue weighted by Gasteiger charge is 2.38. The summed E-state index contributed by atoms with van der Waals surface area (Å²) in [4.78, 5) is 5.09. The third kappa shape index (κ3) is 2.57. The second kappa shape index (κ2) is 6.05. The Kier molecular flexibility index (Phi) is 3.64. The molecule has 0 radical (unpaired) electrons. The van der Waals surface area contributed by atoms with Gasteiger partial charge in [0.05, 0.1) is 7.11 Å². The van der Waals surface area contributed by atoms with Crippen LogP contribution in [0.5, 0.6) is 5.75 Å². The van der Waals surface area contributed by atoms with Crippen molar-refractivity contribution < 1.29 is 4.74 Å². The van der Waals surface area contributed by atoms with Gasteiger partial charge in [-0.15, -0.1) is 0 Å². The lowest BCUT2D eigenvalue weighted by Gasteiger charge is -2.51. The maximum atomic E-state index is 5.36. The number of aryl methyl sites for hydroxylation is 2. The van der Waals surface area contributed by atoms with Crippen LogP contribution in [0.2, 0.25) is 0 Å². The Labute approximate surface area is 160 Å². The van der Waals surface area contributed by atoms with Crippen molar-refractivity contribution in [3.05, 3.63) is 88.5 Å². The Balaban J connectivity index is 1.67. The quantitative estimate of drug-likeness (QED) is 0.615. The minimum atomic E-state index is 0.210. The van der Waals surface area contributed by atoms with Gasteiger partial charge in [-0.2, -0.15) is 0 Å². The van der Waals surface area contributed by atoms with Crippen LogP contribution >= 0.6 is 0 Å². The Morgan fingerprint density at radius 3 is 1.74 bits per heavy atom. The van der Waals surface area contributed by atoms with Gasteiger partial charge in [0.2, 0.25) is 0 Å². The third-order valence-electron chi connectivity index (χ3n) is 5.77. The lowest BCUT2D eigenvalue weighted by Crippen LogP contribution is -2.49. The van der Waals surface area contributed by atoms with Crippen LogP contribution in [0.3, 0.4) is 0 Å². The molecule has 0 aliphatic carbocycles. The Morgan fingerprint density at radius 1 is 0.741 bits per heavy atom. The zero-order valence-electron chi connectivity index (χ0n) is 16.1. The van der Waals surface area contributed by atoms with Crippen LogP contribution in [0.25, 0.3) is 0 Å². The number of methoxy groups -OCH3 is 1. The Hall–Kier alpha value is -2.94. The van der Waals surface area contributed by atoms with E-state index >= 15 is 0 Å². The van der Waals surface area contributed by atoms with Crippen LogP contribution < -0.4 is 14.5 Å². The largest absolute Gasteiger partial charge is 0.497 e. The lowest BCUT2D eigenvalue weighted by molar-refractivity contribution is 0.414. The van der Waals surface area contributed by atoms with Crippen LogP contribution in [0.1, 0.15) is 34.0 Å². The summed E-state index contributed by atoms with van der Waals surface area (Å²) >= 11 is 0. The molecule has 3 aromatic carbocycles. The van der Waals surface area contributed by atoms with Gasteiger partial charge in [0.1, 0.15) is 11.9 Å². The standard InChI is InChI=1S/C24H24N2O/c1-16-4-10-22-19(12-16)14-25-23-11-5-17(2)13-20(23)15-26(22)24(25)18-6-8-21(27-3)9-7-18/h4-13,24H,14-15H2,1-3H3. The summed E-state index contributed by atoms with van der Waals surface area (Å²) in [5, 5.41) is 0. The van der Waals surface area contributed by atoms with Gasteiger partial charge >= 0.3 is 0 Å². The van der Waals surface area contributed by atoms with Crippen molar-refractivity contribution in [2.45, 2.75) is 33.1 Å². The number of fused-ring (bicyclic) bond motifs is 6. The van der Waals surface area contributed by atoms with Crippen LogP contribution in [0, 0.1) is 13.8 Å². The molecule has 0 aromatic heterocycles. The molecular formula is C24H24N2O. The van der Waals surface area contributed by atoms with Crippen LogP contribution in [0.4, 0.5) is 11.4 Å². The van der Waals surface area contributed by atoms with E-state index in [4.69, 9.17) is 4.74 Å². The molecule has 3 nitrogen and oxygen atoms in total. The summed E-state index contributed by atoms with van der Waals surface area (Å²) < 4.78 is 5.36. The van der Waals surface area contributed by atoms with Crippen molar-refractivity contribution in [2.24, 2.45) is 0 Å². The average Bonchev–Trinajstić information content (AvgIpc) is 2.67. The monoisotopic (exact) mass is 356 g/mol. The molecule has 0 atom stereocenters. The molecule has 0 N–H and O–H groups in total. The highest BCUT2D eigenvalue weighted by atomic mass is 16.5. The SMILES string of the molecule is COc1ccc(C2N3Cc4cc(C)ccc4N2Cc2cc(C)ccc23)cc1. The molecule has 0 fully saturated rings. The number of nitrogens with zero attached hydrogens (tertiary/aromatic N) is 2. The molecule has 0 amide bonds. The van der Waals surface area contributed by atoms with E-state index in [1.54, 1.807) is 7.11 Å². The van der Waals surface area contributed by atoms with E-state index in [9.17, 15) is 0 Å². The van der Waals surface area contributed by atoms with E-state index in [2.05, 4.69) is 84.3 Å². The zero-order chi connectivity index (χ0) is 18.5. The number of hydrogen-bond donors (Lipinski definition) is 0. The van der Waals surface area contributed by atoms with E-state index in [1.807, 2.05) is 0 Å². The van der Waals surface area contributed by atoms with E-state index in [-0.39, 0.29) is 6.17 Å². The number of rotatable bonds is 2. The van der Waals surface area contributed by atoms with Gasteiger partial charge in [0.25, 0.3) is 0 Å². The van der Waals surface area contributed by atoms with Crippen molar-refractivity contribution in [3.8, 4) is 5.75 Å². The van der Waals surface area contributed by atoms with Crippen LogP contribution in [0.15, 0.2) is 60.7 Å². The highest BCUT2D eigenvalue weighted by molar-refractivity contribution is 5.70. The maximum Gasteiger partial charge on any atom is 0.129 e. The topological polar surface area (TPSA) is 15.7 Å². The average molecular weight is 356 g/mol. The Bertz CT molecular complexity index is 950. The van der Waals surface area contributed by atoms with Crippen molar-refractivity contribution >= 4 is 11.4 Å². The number of anilines is 2. The molecule has 0 saturated carbocycles. The van der Waals surface area contributed by atoms with Gasteiger partial charge in [-0.1, -0.05) is 47.5 Å². The van der Waals surface area contributed by atoms with E-state index < -0.39 is 0 Å². The molecule has 0 unspecified atom stereocenters. The summed E-state index contributed by atoms with van der Waals surface area (Å²) in [5.74, 6) is 0.900. The van der Waals surface area contributed by atoms with Gasteiger partial charge < -0.3 is 14.5 Å². The summed E-state index contributed by atoms with van der Waals surface area (Å²) in [7, 11) is 1.72. The molecule has 3 heteroatoms. The fourth-order valence-electron chi connectivity index (χ4n) is 4.52. The first kappa shape index (κ1) is 16.2. The van der Waals surface area contributed by atoms with Gasteiger partial charge in [-0.05, 0) is 54.8 Å². The van der Waals surface area contributed by atoms with E-state index in [0.29, 0.717) is 0 Å². The van der Waals surface area contributed by atoms with Crippen molar-refractivity contribution in [1.82, 2.24) is 0 Å². The second-order valence-electron chi connectivity index (χ2n) is 7.67. The number of hydrogen-bond acceptors (Lipinski definition) is 3. The molecule has 0 spiro atoms. The summed E-state index contributed by atoms with van der Waals surface area (Å²) in [6, 6.07) is 22.2. The first-order valence-electron chi connectivity index (χ1n) is 9.50. The smallest absolute Gasteiger partial charge is 0.129 e.